The van der Waals surface area contributed by atoms with E-state index in [1.165, 1.54) is 0 Å². The standard InChI is InChI=1S/C13H28N2O/c1-10(7-13(3,4)5)6-12(16)15-9-11(2)8-14/h10-11H,6-9,14H2,1-5H3,(H,15,16). The molecular weight excluding hydrogens is 200 g/mol. The summed E-state index contributed by atoms with van der Waals surface area (Å²) < 4.78 is 0. The summed E-state index contributed by atoms with van der Waals surface area (Å²) in [5.41, 5.74) is 5.79. The van der Waals surface area contributed by atoms with E-state index in [1.807, 2.05) is 6.92 Å². The van der Waals surface area contributed by atoms with Gasteiger partial charge in [-0.25, -0.2) is 0 Å². The quantitative estimate of drug-likeness (QED) is 0.732. The molecule has 3 N–H and O–H groups in total. The van der Waals surface area contributed by atoms with Crippen LogP contribution in [-0.2, 0) is 4.79 Å². The van der Waals surface area contributed by atoms with E-state index in [0.717, 1.165) is 6.42 Å². The maximum absolute atomic E-state index is 11.6. The van der Waals surface area contributed by atoms with Gasteiger partial charge in [0, 0.05) is 13.0 Å². The van der Waals surface area contributed by atoms with Gasteiger partial charge < -0.3 is 11.1 Å². The molecule has 0 aromatic rings. The normalized spacial score (nSPS) is 15.6. The smallest absolute Gasteiger partial charge is 0.220 e. The minimum Gasteiger partial charge on any atom is -0.356 e. The zero-order valence-corrected chi connectivity index (χ0v) is 11.5. The maximum atomic E-state index is 11.6. The molecule has 0 aromatic heterocycles. The molecule has 0 saturated carbocycles. The molecule has 16 heavy (non-hydrogen) atoms. The highest BCUT2D eigenvalue weighted by Gasteiger charge is 2.17. The number of hydrogen-bond donors (Lipinski definition) is 2. The molecule has 0 rings (SSSR count). The fourth-order valence-electron chi connectivity index (χ4n) is 1.88. The molecule has 0 heterocycles. The van der Waals surface area contributed by atoms with Crippen LogP contribution in [0, 0.1) is 17.3 Å². The van der Waals surface area contributed by atoms with Crippen LogP contribution >= 0.6 is 0 Å². The van der Waals surface area contributed by atoms with Crippen LogP contribution in [0.5, 0.6) is 0 Å². The van der Waals surface area contributed by atoms with E-state index < -0.39 is 0 Å². The van der Waals surface area contributed by atoms with Crippen LogP contribution in [0.3, 0.4) is 0 Å². The fraction of sp³-hybridized carbons (Fsp3) is 0.923. The molecule has 0 fully saturated rings. The Kier molecular flexibility index (Phi) is 6.65. The molecule has 0 spiro atoms. The number of hydrogen-bond acceptors (Lipinski definition) is 2. The maximum Gasteiger partial charge on any atom is 0.220 e. The second-order valence-corrected chi connectivity index (χ2v) is 6.22. The molecule has 0 radical (unpaired) electrons. The Labute approximate surface area is 100 Å². The van der Waals surface area contributed by atoms with Crippen LogP contribution in [0.2, 0.25) is 0 Å². The van der Waals surface area contributed by atoms with Gasteiger partial charge in [0.1, 0.15) is 0 Å². The van der Waals surface area contributed by atoms with E-state index >= 15 is 0 Å². The van der Waals surface area contributed by atoms with Gasteiger partial charge in [0.05, 0.1) is 0 Å². The lowest BCUT2D eigenvalue weighted by atomic mass is 9.84. The van der Waals surface area contributed by atoms with Gasteiger partial charge in [0.2, 0.25) is 5.91 Å². The summed E-state index contributed by atoms with van der Waals surface area (Å²) in [6.45, 7) is 12.1. The summed E-state index contributed by atoms with van der Waals surface area (Å²) in [6, 6.07) is 0. The van der Waals surface area contributed by atoms with E-state index in [1.54, 1.807) is 0 Å². The van der Waals surface area contributed by atoms with Gasteiger partial charge >= 0.3 is 0 Å². The highest BCUT2D eigenvalue weighted by molar-refractivity contribution is 5.76. The van der Waals surface area contributed by atoms with Crippen molar-refractivity contribution in [1.29, 1.82) is 0 Å². The van der Waals surface area contributed by atoms with Gasteiger partial charge in [0.25, 0.3) is 0 Å². The van der Waals surface area contributed by atoms with Gasteiger partial charge in [-0.05, 0) is 30.2 Å². The predicted molar refractivity (Wildman–Crippen MR) is 69.1 cm³/mol. The second kappa shape index (κ2) is 6.89. The average molecular weight is 228 g/mol. The molecule has 3 heteroatoms. The zero-order chi connectivity index (χ0) is 12.8. The van der Waals surface area contributed by atoms with Crippen molar-refractivity contribution in [3.05, 3.63) is 0 Å². The van der Waals surface area contributed by atoms with Crippen molar-refractivity contribution in [1.82, 2.24) is 5.32 Å². The minimum atomic E-state index is 0.150. The molecule has 0 saturated heterocycles. The molecule has 0 bridgehead atoms. The van der Waals surface area contributed by atoms with Gasteiger partial charge in [0.15, 0.2) is 0 Å². The molecule has 1 amide bonds. The van der Waals surface area contributed by atoms with E-state index in [0.29, 0.717) is 36.8 Å². The topological polar surface area (TPSA) is 55.1 Å². The Balaban J connectivity index is 3.79. The second-order valence-electron chi connectivity index (χ2n) is 6.22. The molecule has 96 valence electrons. The van der Waals surface area contributed by atoms with Crippen molar-refractivity contribution in [2.75, 3.05) is 13.1 Å². The number of carbonyl (C=O) groups excluding carboxylic acids is 1. The predicted octanol–water partition coefficient (Wildman–Crippen LogP) is 2.16. The summed E-state index contributed by atoms with van der Waals surface area (Å²) in [7, 11) is 0. The van der Waals surface area contributed by atoms with Crippen molar-refractivity contribution in [3.8, 4) is 0 Å². The van der Waals surface area contributed by atoms with E-state index in [2.05, 4.69) is 33.0 Å². The van der Waals surface area contributed by atoms with Crippen LogP contribution in [-0.4, -0.2) is 19.0 Å². The summed E-state index contributed by atoms with van der Waals surface area (Å²) in [5, 5.41) is 2.93. The minimum absolute atomic E-state index is 0.150. The Hall–Kier alpha value is -0.570. The third-order valence-electron chi connectivity index (χ3n) is 2.54. The lowest BCUT2D eigenvalue weighted by Crippen LogP contribution is -2.32. The Morgan fingerprint density at radius 3 is 2.25 bits per heavy atom. The Morgan fingerprint density at radius 2 is 1.81 bits per heavy atom. The van der Waals surface area contributed by atoms with Crippen LogP contribution in [0.1, 0.15) is 47.5 Å². The lowest BCUT2D eigenvalue weighted by Gasteiger charge is -2.23. The molecule has 0 aromatic carbocycles. The van der Waals surface area contributed by atoms with Crippen LogP contribution < -0.4 is 11.1 Å². The largest absolute Gasteiger partial charge is 0.356 e. The molecule has 0 aliphatic carbocycles. The highest BCUT2D eigenvalue weighted by Crippen LogP contribution is 2.25. The third-order valence-corrected chi connectivity index (χ3v) is 2.54. The van der Waals surface area contributed by atoms with Crippen molar-refractivity contribution < 1.29 is 4.79 Å². The molecular formula is C13H28N2O. The zero-order valence-electron chi connectivity index (χ0n) is 11.5. The van der Waals surface area contributed by atoms with Gasteiger partial charge in [-0.3, -0.25) is 4.79 Å². The van der Waals surface area contributed by atoms with Crippen LogP contribution in [0.25, 0.3) is 0 Å². The highest BCUT2D eigenvalue weighted by atomic mass is 16.1. The van der Waals surface area contributed by atoms with E-state index in [-0.39, 0.29) is 5.91 Å². The number of amides is 1. The fourth-order valence-corrected chi connectivity index (χ4v) is 1.88. The number of nitrogens with one attached hydrogen (secondary N) is 1. The molecule has 3 nitrogen and oxygen atoms in total. The number of nitrogens with two attached hydrogens (primary N) is 1. The lowest BCUT2D eigenvalue weighted by molar-refractivity contribution is -0.122. The Bertz CT molecular complexity index is 208. The monoisotopic (exact) mass is 228 g/mol. The number of rotatable bonds is 6. The molecule has 2 atom stereocenters. The van der Waals surface area contributed by atoms with E-state index in [9.17, 15) is 4.79 Å². The van der Waals surface area contributed by atoms with Crippen LogP contribution in [0.15, 0.2) is 0 Å². The van der Waals surface area contributed by atoms with Gasteiger partial charge in [-0.15, -0.1) is 0 Å². The first-order chi connectivity index (χ1) is 7.24. The average Bonchev–Trinajstić information content (AvgIpc) is 2.10. The van der Waals surface area contributed by atoms with Crippen molar-refractivity contribution in [2.45, 2.75) is 47.5 Å². The molecule has 0 aliphatic heterocycles. The number of carbonyl (C=O) groups is 1. The third kappa shape index (κ3) is 8.72. The summed E-state index contributed by atoms with van der Waals surface area (Å²) in [6.07, 6.45) is 1.70. The first kappa shape index (κ1) is 15.4. The molecule has 0 aliphatic rings. The van der Waals surface area contributed by atoms with E-state index in [4.69, 9.17) is 5.73 Å². The summed E-state index contributed by atoms with van der Waals surface area (Å²) in [5.74, 6) is 0.951. The summed E-state index contributed by atoms with van der Waals surface area (Å²) in [4.78, 5) is 11.6. The van der Waals surface area contributed by atoms with Crippen molar-refractivity contribution in [3.63, 3.8) is 0 Å². The van der Waals surface area contributed by atoms with Crippen molar-refractivity contribution in [2.24, 2.45) is 23.0 Å². The van der Waals surface area contributed by atoms with Crippen molar-refractivity contribution >= 4 is 5.91 Å². The SMILES string of the molecule is CC(CN)CNC(=O)CC(C)CC(C)(C)C. The first-order valence-corrected chi connectivity index (χ1v) is 6.21. The molecule has 2 unspecified atom stereocenters. The summed E-state index contributed by atoms with van der Waals surface area (Å²) >= 11 is 0. The first-order valence-electron chi connectivity index (χ1n) is 6.21. The van der Waals surface area contributed by atoms with Gasteiger partial charge in [-0.2, -0.15) is 0 Å². The van der Waals surface area contributed by atoms with Crippen LogP contribution in [0.4, 0.5) is 0 Å². The Morgan fingerprint density at radius 1 is 1.25 bits per heavy atom. The van der Waals surface area contributed by atoms with Gasteiger partial charge in [-0.1, -0.05) is 34.6 Å².